The van der Waals surface area contributed by atoms with Gasteiger partial charge in [0.05, 0.1) is 0 Å². The molecule has 1 saturated heterocycles. The van der Waals surface area contributed by atoms with Crippen LogP contribution in [0.1, 0.15) is 35.7 Å². The lowest BCUT2D eigenvalue weighted by molar-refractivity contribution is -0.120. The highest BCUT2D eigenvalue weighted by atomic mass is 16.4. The van der Waals surface area contributed by atoms with Crippen molar-refractivity contribution in [3.63, 3.8) is 0 Å². The molecular weight excluding hydrogens is 380 g/mol. The van der Waals surface area contributed by atoms with Crippen molar-refractivity contribution in [1.82, 2.24) is 10.2 Å². The first kappa shape index (κ1) is 19.9. The molecular formula is C24H24N2O4. The monoisotopic (exact) mass is 404 g/mol. The van der Waals surface area contributed by atoms with Crippen LogP contribution in [0.5, 0.6) is 0 Å². The number of likely N-dealkylation sites (tertiary alicyclic amines) is 1. The summed E-state index contributed by atoms with van der Waals surface area (Å²) in [5.74, 6) is -0.221. The minimum Gasteiger partial charge on any atom is -0.423 e. The molecule has 2 heterocycles. The molecule has 0 spiro atoms. The van der Waals surface area contributed by atoms with Crippen molar-refractivity contribution in [2.75, 3.05) is 13.1 Å². The number of fused-ring (bicyclic) bond motifs is 1. The molecule has 2 aromatic carbocycles. The second-order valence-corrected chi connectivity index (χ2v) is 7.80. The van der Waals surface area contributed by atoms with Crippen LogP contribution < -0.4 is 10.9 Å². The first-order valence-electron chi connectivity index (χ1n) is 10.1. The number of carbonyl (C=O) groups excluding carboxylic acids is 2. The molecule has 4 rings (SSSR count). The van der Waals surface area contributed by atoms with Crippen LogP contribution in [0.25, 0.3) is 22.1 Å². The fourth-order valence-electron chi connectivity index (χ4n) is 4.14. The second-order valence-electron chi connectivity index (χ2n) is 7.80. The van der Waals surface area contributed by atoms with E-state index in [1.807, 2.05) is 37.3 Å². The Morgan fingerprint density at radius 3 is 2.67 bits per heavy atom. The van der Waals surface area contributed by atoms with Crippen molar-refractivity contribution in [2.24, 2.45) is 0 Å². The molecule has 30 heavy (non-hydrogen) atoms. The summed E-state index contributed by atoms with van der Waals surface area (Å²) in [5, 5.41) is 3.68. The van der Waals surface area contributed by atoms with E-state index in [0.29, 0.717) is 24.2 Å². The quantitative estimate of drug-likeness (QED) is 0.678. The van der Waals surface area contributed by atoms with E-state index in [4.69, 9.17) is 4.42 Å². The molecule has 0 saturated carbocycles. The highest BCUT2D eigenvalue weighted by Gasteiger charge is 2.25. The normalized spacial score (nSPS) is 16.5. The standard InChI is InChI=1S/C24H24N2O4/c1-15-6-3-4-8-19(15)21-13-23(28)30-22-12-17(9-10-20(21)22)24(29)26-11-5-7-18(14-26)25-16(2)27/h3-4,6,8-10,12-13,18H,5,7,11,14H2,1-2H3,(H,25,27). The lowest BCUT2D eigenvalue weighted by Gasteiger charge is -2.33. The van der Waals surface area contributed by atoms with Gasteiger partial charge in [-0.15, -0.1) is 0 Å². The van der Waals surface area contributed by atoms with Crippen LogP contribution in [0.15, 0.2) is 57.7 Å². The van der Waals surface area contributed by atoms with Crippen molar-refractivity contribution in [3.05, 3.63) is 70.1 Å². The summed E-state index contributed by atoms with van der Waals surface area (Å²) < 4.78 is 5.43. The summed E-state index contributed by atoms with van der Waals surface area (Å²) in [6.07, 6.45) is 1.69. The average molecular weight is 404 g/mol. The van der Waals surface area contributed by atoms with Crippen molar-refractivity contribution >= 4 is 22.8 Å². The number of nitrogens with zero attached hydrogens (tertiary/aromatic N) is 1. The minimum atomic E-state index is -0.450. The van der Waals surface area contributed by atoms with Crippen LogP contribution in [0.3, 0.4) is 0 Å². The Hall–Kier alpha value is -3.41. The van der Waals surface area contributed by atoms with Crippen LogP contribution >= 0.6 is 0 Å². The van der Waals surface area contributed by atoms with E-state index in [9.17, 15) is 14.4 Å². The van der Waals surface area contributed by atoms with E-state index in [0.717, 1.165) is 34.9 Å². The zero-order valence-corrected chi connectivity index (χ0v) is 17.1. The van der Waals surface area contributed by atoms with Crippen molar-refractivity contribution in [1.29, 1.82) is 0 Å². The summed E-state index contributed by atoms with van der Waals surface area (Å²) in [4.78, 5) is 38.4. The zero-order valence-electron chi connectivity index (χ0n) is 17.1. The summed E-state index contributed by atoms with van der Waals surface area (Å²) in [5.41, 5.74) is 3.22. The van der Waals surface area contributed by atoms with Crippen LogP contribution in [-0.4, -0.2) is 35.8 Å². The summed E-state index contributed by atoms with van der Waals surface area (Å²) in [7, 11) is 0. The number of nitrogens with one attached hydrogen (secondary N) is 1. The molecule has 0 bridgehead atoms. The van der Waals surface area contributed by atoms with Gasteiger partial charge in [0.1, 0.15) is 5.58 Å². The molecule has 1 aliphatic rings. The smallest absolute Gasteiger partial charge is 0.336 e. The van der Waals surface area contributed by atoms with Crippen LogP contribution in [0, 0.1) is 6.92 Å². The molecule has 2 amide bonds. The molecule has 0 aliphatic carbocycles. The van der Waals surface area contributed by atoms with Gasteiger partial charge < -0.3 is 14.6 Å². The van der Waals surface area contributed by atoms with E-state index >= 15 is 0 Å². The number of rotatable bonds is 3. The Morgan fingerprint density at radius 1 is 1.10 bits per heavy atom. The maximum atomic E-state index is 13.1. The number of carbonyl (C=O) groups is 2. The van der Waals surface area contributed by atoms with Gasteiger partial charge in [-0.2, -0.15) is 0 Å². The van der Waals surface area contributed by atoms with Crippen molar-refractivity contribution < 1.29 is 14.0 Å². The Labute approximate surface area is 174 Å². The molecule has 1 fully saturated rings. The minimum absolute atomic E-state index is 0.0359. The Kier molecular flexibility index (Phi) is 5.40. The SMILES string of the molecule is CC(=O)NC1CCCN(C(=O)c2ccc3c(-c4ccccc4C)cc(=O)oc3c2)C1. The molecule has 1 aliphatic heterocycles. The van der Waals surface area contributed by atoms with Crippen LogP contribution in [0.4, 0.5) is 0 Å². The third kappa shape index (κ3) is 3.99. The predicted molar refractivity (Wildman–Crippen MR) is 115 cm³/mol. The van der Waals surface area contributed by atoms with Gasteiger partial charge in [0, 0.05) is 48.6 Å². The van der Waals surface area contributed by atoms with Gasteiger partial charge in [0.25, 0.3) is 5.91 Å². The number of hydrogen-bond acceptors (Lipinski definition) is 4. The number of benzene rings is 2. The molecule has 154 valence electrons. The van der Waals surface area contributed by atoms with Crippen molar-refractivity contribution in [2.45, 2.75) is 32.7 Å². The van der Waals surface area contributed by atoms with E-state index in [-0.39, 0.29) is 17.9 Å². The van der Waals surface area contributed by atoms with Gasteiger partial charge in [-0.25, -0.2) is 4.79 Å². The zero-order chi connectivity index (χ0) is 21.3. The van der Waals surface area contributed by atoms with Crippen molar-refractivity contribution in [3.8, 4) is 11.1 Å². The molecule has 1 N–H and O–H groups in total. The first-order valence-corrected chi connectivity index (χ1v) is 10.1. The van der Waals surface area contributed by atoms with Crippen LogP contribution in [-0.2, 0) is 4.79 Å². The van der Waals surface area contributed by atoms with E-state index in [2.05, 4.69) is 5.32 Å². The maximum absolute atomic E-state index is 13.1. The van der Waals surface area contributed by atoms with Gasteiger partial charge in [-0.1, -0.05) is 24.3 Å². The summed E-state index contributed by atoms with van der Waals surface area (Å²) >= 11 is 0. The maximum Gasteiger partial charge on any atom is 0.336 e. The second kappa shape index (κ2) is 8.14. The average Bonchev–Trinajstić information content (AvgIpc) is 2.72. The first-order chi connectivity index (χ1) is 14.4. The topological polar surface area (TPSA) is 79.6 Å². The van der Waals surface area contributed by atoms with Gasteiger partial charge in [-0.05, 0) is 49.1 Å². The van der Waals surface area contributed by atoms with Crippen LogP contribution in [0.2, 0.25) is 0 Å². The van der Waals surface area contributed by atoms with Gasteiger partial charge >= 0.3 is 5.63 Å². The van der Waals surface area contributed by atoms with E-state index in [1.165, 1.54) is 13.0 Å². The highest BCUT2D eigenvalue weighted by Crippen LogP contribution is 2.30. The Morgan fingerprint density at radius 2 is 1.90 bits per heavy atom. The molecule has 0 radical (unpaired) electrons. The van der Waals surface area contributed by atoms with Gasteiger partial charge in [0.15, 0.2) is 0 Å². The number of aryl methyl sites for hydroxylation is 1. The molecule has 1 unspecified atom stereocenters. The van der Waals surface area contributed by atoms with Gasteiger partial charge in [-0.3, -0.25) is 9.59 Å². The van der Waals surface area contributed by atoms with E-state index in [1.54, 1.807) is 17.0 Å². The largest absolute Gasteiger partial charge is 0.423 e. The number of amides is 2. The molecule has 6 heteroatoms. The predicted octanol–water partition coefficient (Wildman–Crippen LogP) is 3.51. The number of hydrogen-bond donors (Lipinski definition) is 1. The van der Waals surface area contributed by atoms with E-state index < -0.39 is 5.63 Å². The highest BCUT2D eigenvalue weighted by molar-refractivity contribution is 6.01. The number of piperidine rings is 1. The van der Waals surface area contributed by atoms with Gasteiger partial charge in [0.2, 0.25) is 5.91 Å². The molecule has 3 aromatic rings. The summed E-state index contributed by atoms with van der Waals surface area (Å²) in [6, 6.07) is 14.6. The fourth-order valence-corrected chi connectivity index (χ4v) is 4.14. The lowest BCUT2D eigenvalue weighted by Crippen LogP contribution is -2.49. The summed E-state index contributed by atoms with van der Waals surface area (Å²) in [6.45, 7) is 4.59. The molecule has 6 nitrogen and oxygen atoms in total. The third-order valence-electron chi connectivity index (χ3n) is 5.54. The molecule has 1 aromatic heterocycles. The Balaban J connectivity index is 1.69. The fraction of sp³-hybridized carbons (Fsp3) is 0.292. The third-order valence-corrected chi connectivity index (χ3v) is 5.54. The molecule has 1 atom stereocenters. The Bertz CT molecular complexity index is 1180. The lowest BCUT2D eigenvalue weighted by atomic mass is 9.97.